The maximum Gasteiger partial charge on any atom is 0.303 e. The summed E-state index contributed by atoms with van der Waals surface area (Å²) in [4.78, 5) is 23.8. The molecule has 0 aliphatic carbocycles. The van der Waals surface area contributed by atoms with Gasteiger partial charge in [0.1, 0.15) is 0 Å². The van der Waals surface area contributed by atoms with Gasteiger partial charge in [-0.1, -0.05) is 36.4 Å². The van der Waals surface area contributed by atoms with Crippen LogP contribution in [-0.2, 0) is 4.79 Å². The van der Waals surface area contributed by atoms with E-state index in [4.69, 9.17) is 5.11 Å². The van der Waals surface area contributed by atoms with Crippen molar-refractivity contribution in [2.45, 2.75) is 25.7 Å². The number of hydrogen-bond donors (Lipinski definition) is 1. The fourth-order valence-electron chi connectivity index (χ4n) is 2.52. The Balaban J connectivity index is 2.38. The number of rotatable bonds is 6. The molecule has 0 amide bonds. The highest BCUT2D eigenvalue weighted by molar-refractivity contribution is 14.1. The van der Waals surface area contributed by atoms with E-state index in [0.29, 0.717) is 12.0 Å². The monoisotopic (exact) mass is 408 g/mol. The van der Waals surface area contributed by atoms with Crippen molar-refractivity contribution >= 4 is 34.3 Å². The van der Waals surface area contributed by atoms with Gasteiger partial charge in [0.2, 0.25) is 0 Å². The Bertz CT molecular complexity index is 694. The predicted octanol–water partition coefficient (Wildman–Crippen LogP) is 4.43. The van der Waals surface area contributed by atoms with Crippen molar-refractivity contribution < 1.29 is 14.7 Å². The van der Waals surface area contributed by atoms with Gasteiger partial charge < -0.3 is 5.11 Å². The molecule has 0 radical (unpaired) electrons. The number of benzene rings is 2. The maximum atomic E-state index is 12.9. The molecule has 2 rings (SSSR count). The molecule has 4 heteroatoms. The van der Waals surface area contributed by atoms with E-state index in [1.54, 1.807) is 6.07 Å². The van der Waals surface area contributed by atoms with Crippen LogP contribution in [0, 0.1) is 10.5 Å². The summed E-state index contributed by atoms with van der Waals surface area (Å²) in [5, 5.41) is 8.96. The molecular formula is C18H17IO3. The van der Waals surface area contributed by atoms with E-state index in [0.717, 1.165) is 14.7 Å². The number of Topliss-reactive ketones (excluding diaryl/α,β-unsaturated/α-hetero) is 1. The zero-order valence-electron chi connectivity index (χ0n) is 12.3. The average molecular weight is 408 g/mol. The predicted molar refractivity (Wildman–Crippen MR) is 94.3 cm³/mol. The van der Waals surface area contributed by atoms with Crippen molar-refractivity contribution in [3.8, 4) is 0 Å². The maximum absolute atomic E-state index is 12.9. The second-order valence-electron chi connectivity index (χ2n) is 5.22. The summed E-state index contributed by atoms with van der Waals surface area (Å²) in [6.07, 6.45) is 0.291. The van der Waals surface area contributed by atoms with Crippen LogP contribution in [-0.4, -0.2) is 16.9 Å². The van der Waals surface area contributed by atoms with Gasteiger partial charge in [-0.05, 0) is 59.2 Å². The van der Waals surface area contributed by atoms with Crippen LogP contribution in [0.2, 0.25) is 0 Å². The summed E-state index contributed by atoms with van der Waals surface area (Å²) < 4.78 is 0.991. The fourth-order valence-corrected chi connectivity index (χ4v) is 3.06. The van der Waals surface area contributed by atoms with Crippen molar-refractivity contribution in [3.05, 3.63) is 68.8 Å². The van der Waals surface area contributed by atoms with Crippen LogP contribution < -0.4 is 0 Å². The third-order valence-electron chi connectivity index (χ3n) is 3.64. The van der Waals surface area contributed by atoms with Crippen molar-refractivity contribution in [2.75, 3.05) is 0 Å². The molecule has 114 valence electrons. The minimum absolute atomic E-state index is 0.0192. The van der Waals surface area contributed by atoms with E-state index >= 15 is 0 Å². The van der Waals surface area contributed by atoms with E-state index in [1.807, 2.05) is 49.4 Å². The summed E-state index contributed by atoms with van der Waals surface area (Å²) in [6.45, 7) is 1.95. The minimum atomic E-state index is -0.881. The highest BCUT2D eigenvalue weighted by atomic mass is 127. The van der Waals surface area contributed by atoms with E-state index in [9.17, 15) is 9.59 Å². The van der Waals surface area contributed by atoms with E-state index in [-0.39, 0.29) is 12.2 Å². The number of hydrogen-bond acceptors (Lipinski definition) is 2. The summed E-state index contributed by atoms with van der Waals surface area (Å²) in [6, 6.07) is 15.1. The van der Waals surface area contributed by atoms with Crippen LogP contribution in [0.3, 0.4) is 0 Å². The Hall–Kier alpha value is -1.69. The molecule has 0 aliphatic rings. The number of carboxylic acid groups (broad SMARTS) is 1. The SMILES string of the molecule is Cc1ccccc1C(CCC(=O)O)C(=O)c1cccc(I)c1. The summed E-state index contributed by atoms with van der Waals surface area (Å²) >= 11 is 2.17. The van der Waals surface area contributed by atoms with Crippen LogP contribution in [0.25, 0.3) is 0 Å². The number of carboxylic acids is 1. The molecule has 0 bridgehead atoms. The lowest BCUT2D eigenvalue weighted by atomic mass is 9.85. The molecule has 0 fully saturated rings. The van der Waals surface area contributed by atoms with Gasteiger partial charge in [-0.15, -0.1) is 0 Å². The number of halogens is 1. The summed E-state index contributed by atoms with van der Waals surface area (Å²) in [7, 11) is 0. The van der Waals surface area contributed by atoms with Gasteiger partial charge >= 0.3 is 5.97 Å². The molecule has 0 saturated carbocycles. The molecule has 0 saturated heterocycles. The normalized spacial score (nSPS) is 11.9. The Labute approximate surface area is 143 Å². The van der Waals surface area contributed by atoms with Crippen LogP contribution in [0.4, 0.5) is 0 Å². The smallest absolute Gasteiger partial charge is 0.303 e. The van der Waals surface area contributed by atoms with Gasteiger partial charge in [0.05, 0.1) is 0 Å². The van der Waals surface area contributed by atoms with Gasteiger partial charge in [0.15, 0.2) is 5.78 Å². The molecule has 2 aromatic rings. The lowest BCUT2D eigenvalue weighted by Crippen LogP contribution is -2.16. The number of aryl methyl sites for hydroxylation is 1. The first-order valence-corrected chi connectivity index (χ1v) is 8.14. The fraction of sp³-hybridized carbons (Fsp3) is 0.222. The van der Waals surface area contributed by atoms with Crippen LogP contribution in [0.5, 0.6) is 0 Å². The van der Waals surface area contributed by atoms with Crippen molar-refractivity contribution in [1.29, 1.82) is 0 Å². The van der Waals surface area contributed by atoms with Gasteiger partial charge in [-0.2, -0.15) is 0 Å². The summed E-state index contributed by atoms with van der Waals surface area (Å²) in [5.74, 6) is -1.32. The lowest BCUT2D eigenvalue weighted by molar-refractivity contribution is -0.137. The van der Waals surface area contributed by atoms with Gasteiger partial charge in [-0.25, -0.2) is 0 Å². The molecule has 3 nitrogen and oxygen atoms in total. The zero-order chi connectivity index (χ0) is 16.1. The molecule has 1 N–H and O–H groups in total. The lowest BCUT2D eigenvalue weighted by Gasteiger charge is -2.18. The largest absolute Gasteiger partial charge is 0.481 e. The van der Waals surface area contributed by atoms with Gasteiger partial charge in [-0.3, -0.25) is 9.59 Å². The molecule has 22 heavy (non-hydrogen) atoms. The number of aliphatic carboxylic acids is 1. The number of carbonyl (C=O) groups excluding carboxylic acids is 1. The van der Waals surface area contributed by atoms with Gasteiger partial charge in [0.25, 0.3) is 0 Å². The molecule has 0 aromatic heterocycles. The van der Waals surface area contributed by atoms with E-state index in [2.05, 4.69) is 22.6 Å². The average Bonchev–Trinajstić information content (AvgIpc) is 2.48. The third-order valence-corrected chi connectivity index (χ3v) is 4.31. The molecule has 0 spiro atoms. The van der Waals surface area contributed by atoms with Crippen molar-refractivity contribution in [2.24, 2.45) is 0 Å². The first kappa shape index (κ1) is 16.7. The molecule has 2 aromatic carbocycles. The highest BCUT2D eigenvalue weighted by Gasteiger charge is 2.24. The second-order valence-corrected chi connectivity index (χ2v) is 6.46. The van der Waals surface area contributed by atoms with Crippen LogP contribution >= 0.6 is 22.6 Å². The zero-order valence-corrected chi connectivity index (χ0v) is 14.4. The standard InChI is InChI=1S/C18H17IO3/c1-12-5-2-3-8-15(12)16(9-10-17(20)21)18(22)13-6-4-7-14(19)11-13/h2-8,11,16H,9-10H2,1H3,(H,20,21). The molecule has 0 heterocycles. The Morgan fingerprint density at radius 2 is 1.86 bits per heavy atom. The first-order valence-electron chi connectivity index (χ1n) is 7.06. The van der Waals surface area contributed by atoms with Crippen LogP contribution in [0.1, 0.15) is 40.2 Å². The Morgan fingerprint density at radius 3 is 2.50 bits per heavy atom. The topological polar surface area (TPSA) is 54.4 Å². The van der Waals surface area contributed by atoms with Crippen molar-refractivity contribution in [1.82, 2.24) is 0 Å². The van der Waals surface area contributed by atoms with E-state index in [1.165, 1.54) is 0 Å². The van der Waals surface area contributed by atoms with Gasteiger partial charge in [0, 0.05) is 21.5 Å². The Morgan fingerprint density at radius 1 is 1.14 bits per heavy atom. The van der Waals surface area contributed by atoms with E-state index < -0.39 is 11.9 Å². The summed E-state index contributed by atoms with van der Waals surface area (Å²) in [5.41, 5.74) is 2.55. The third kappa shape index (κ3) is 4.16. The number of carbonyl (C=O) groups is 2. The molecule has 0 aliphatic heterocycles. The minimum Gasteiger partial charge on any atom is -0.481 e. The quantitative estimate of drug-likeness (QED) is 0.569. The first-order chi connectivity index (χ1) is 10.5. The molecule has 1 atom stereocenters. The highest BCUT2D eigenvalue weighted by Crippen LogP contribution is 2.28. The Kier molecular flexibility index (Phi) is 5.71. The molecule has 1 unspecified atom stereocenters. The number of ketones is 1. The van der Waals surface area contributed by atoms with Crippen molar-refractivity contribution in [3.63, 3.8) is 0 Å². The molecular weight excluding hydrogens is 391 g/mol. The second kappa shape index (κ2) is 7.54. The van der Waals surface area contributed by atoms with Crippen LogP contribution in [0.15, 0.2) is 48.5 Å².